The second kappa shape index (κ2) is 5.41. The maximum Gasteiger partial charge on any atom is 0.387 e. The van der Waals surface area contributed by atoms with Crippen molar-refractivity contribution in [3.05, 3.63) is 29.8 Å². The van der Waals surface area contributed by atoms with E-state index >= 15 is 0 Å². The van der Waals surface area contributed by atoms with Gasteiger partial charge in [-0.3, -0.25) is 4.79 Å². The maximum absolute atomic E-state index is 12.1. The van der Waals surface area contributed by atoms with Crippen LogP contribution in [0.1, 0.15) is 11.6 Å². The second-order valence-electron chi connectivity index (χ2n) is 2.98. The number of nitrogens with one attached hydrogen (secondary N) is 1. The van der Waals surface area contributed by atoms with Crippen LogP contribution >= 0.6 is 0 Å². The van der Waals surface area contributed by atoms with Gasteiger partial charge in [0.1, 0.15) is 11.8 Å². The van der Waals surface area contributed by atoms with Gasteiger partial charge in [-0.1, -0.05) is 18.2 Å². The number of ether oxygens (including phenoxy) is 1. The lowest BCUT2D eigenvalue weighted by atomic mass is 10.1. The molecule has 0 saturated heterocycles. The summed E-state index contributed by atoms with van der Waals surface area (Å²) in [6.45, 7) is -2.98. The van der Waals surface area contributed by atoms with Crippen LogP contribution in [-0.4, -0.2) is 24.7 Å². The SMILES string of the molecule is CN[C@@H](C(=O)O)c1ccccc1OC(F)F. The van der Waals surface area contributed by atoms with Crippen molar-refractivity contribution < 1.29 is 23.4 Å². The molecule has 0 radical (unpaired) electrons. The average molecular weight is 231 g/mol. The Morgan fingerprint density at radius 1 is 1.44 bits per heavy atom. The van der Waals surface area contributed by atoms with Crippen molar-refractivity contribution >= 4 is 5.97 Å². The molecule has 0 fully saturated rings. The lowest BCUT2D eigenvalue weighted by molar-refractivity contribution is -0.139. The number of likely N-dealkylation sites (N-methyl/N-ethyl adjacent to an activating group) is 1. The summed E-state index contributed by atoms with van der Waals surface area (Å²) < 4.78 is 28.4. The quantitative estimate of drug-likeness (QED) is 0.808. The van der Waals surface area contributed by atoms with Gasteiger partial charge >= 0.3 is 12.6 Å². The molecule has 0 spiro atoms. The molecule has 4 nitrogen and oxygen atoms in total. The van der Waals surface area contributed by atoms with E-state index in [-0.39, 0.29) is 11.3 Å². The normalized spacial score (nSPS) is 12.5. The Balaban J connectivity index is 3.05. The first-order chi connectivity index (χ1) is 7.56. The van der Waals surface area contributed by atoms with E-state index in [1.54, 1.807) is 6.07 Å². The van der Waals surface area contributed by atoms with Crippen molar-refractivity contribution in [2.75, 3.05) is 7.05 Å². The molecular weight excluding hydrogens is 220 g/mol. The smallest absolute Gasteiger partial charge is 0.387 e. The summed E-state index contributed by atoms with van der Waals surface area (Å²) in [4.78, 5) is 10.9. The summed E-state index contributed by atoms with van der Waals surface area (Å²) in [5, 5.41) is 11.4. The molecule has 6 heteroatoms. The monoisotopic (exact) mass is 231 g/mol. The molecule has 0 unspecified atom stereocenters. The second-order valence-corrected chi connectivity index (χ2v) is 2.98. The zero-order valence-electron chi connectivity index (χ0n) is 8.48. The number of aliphatic carboxylic acids is 1. The summed E-state index contributed by atoms with van der Waals surface area (Å²) in [6, 6.07) is 4.70. The third-order valence-electron chi connectivity index (χ3n) is 1.98. The summed E-state index contributed by atoms with van der Waals surface area (Å²) in [7, 11) is 1.43. The minimum absolute atomic E-state index is 0.140. The first kappa shape index (κ1) is 12.4. The van der Waals surface area contributed by atoms with Crippen LogP contribution in [0.25, 0.3) is 0 Å². The van der Waals surface area contributed by atoms with Crippen LogP contribution in [0, 0.1) is 0 Å². The van der Waals surface area contributed by atoms with E-state index in [1.807, 2.05) is 0 Å². The molecule has 0 bridgehead atoms. The number of halogens is 2. The van der Waals surface area contributed by atoms with Crippen molar-refractivity contribution in [3.63, 3.8) is 0 Å². The van der Waals surface area contributed by atoms with Crippen LogP contribution < -0.4 is 10.1 Å². The molecule has 0 aliphatic carbocycles. The summed E-state index contributed by atoms with van der Waals surface area (Å²) >= 11 is 0. The largest absolute Gasteiger partial charge is 0.480 e. The lowest BCUT2D eigenvalue weighted by Gasteiger charge is -2.15. The van der Waals surface area contributed by atoms with E-state index in [0.717, 1.165) is 0 Å². The molecule has 0 heterocycles. The maximum atomic E-state index is 12.1. The molecule has 0 aliphatic heterocycles. The van der Waals surface area contributed by atoms with E-state index in [2.05, 4.69) is 10.1 Å². The number of carboxylic acid groups (broad SMARTS) is 1. The van der Waals surface area contributed by atoms with Crippen LogP contribution in [0.4, 0.5) is 8.78 Å². The summed E-state index contributed by atoms with van der Waals surface area (Å²) in [5.41, 5.74) is 0.165. The van der Waals surface area contributed by atoms with Crippen LogP contribution in [-0.2, 0) is 4.79 Å². The van der Waals surface area contributed by atoms with E-state index in [9.17, 15) is 13.6 Å². The highest BCUT2D eigenvalue weighted by Crippen LogP contribution is 2.26. The highest BCUT2D eigenvalue weighted by molar-refractivity contribution is 5.76. The molecule has 1 aromatic rings. The van der Waals surface area contributed by atoms with Crippen molar-refractivity contribution in [3.8, 4) is 5.75 Å². The van der Waals surface area contributed by atoms with Gasteiger partial charge < -0.3 is 15.2 Å². The van der Waals surface area contributed by atoms with Gasteiger partial charge in [-0.25, -0.2) is 0 Å². The van der Waals surface area contributed by atoms with Crippen LogP contribution in [0.3, 0.4) is 0 Å². The molecule has 1 rings (SSSR count). The number of alkyl halides is 2. The Hall–Kier alpha value is -1.69. The minimum Gasteiger partial charge on any atom is -0.480 e. The molecule has 88 valence electrons. The Morgan fingerprint density at radius 3 is 2.56 bits per heavy atom. The first-order valence-electron chi connectivity index (χ1n) is 4.50. The van der Waals surface area contributed by atoms with Crippen molar-refractivity contribution in [2.24, 2.45) is 0 Å². The third-order valence-corrected chi connectivity index (χ3v) is 1.98. The molecule has 0 amide bonds. The van der Waals surface area contributed by atoms with Crippen LogP contribution in [0.5, 0.6) is 5.75 Å². The standard InChI is InChI=1S/C10H11F2NO3/c1-13-8(9(14)15)6-4-2-3-5-7(6)16-10(11)12/h2-5,8,10,13H,1H3,(H,14,15)/t8-/m1/s1. The molecule has 0 aliphatic rings. The Bertz CT molecular complexity index is 371. The molecule has 0 aromatic heterocycles. The summed E-state index contributed by atoms with van der Waals surface area (Å²) in [6.07, 6.45) is 0. The van der Waals surface area contributed by atoms with Crippen molar-refractivity contribution in [1.29, 1.82) is 0 Å². The van der Waals surface area contributed by atoms with Gasteiger partial charge in [0.2, 0.25) is 0 Å². The predicted octanol–water partition coefficient (Wildman–Crippen LogP) is 1.63. The van der Waals surface area contributed by atoms with Crippen molar-refractivity contribution in [2.45, 2.75) is 12.7 Å². The van der Waals surface area contributed by atoms with Gasteiger partial charge in [0.05, 0.1) is 0 Å². The molecule has 1 aromatic carbocycles. The fourth-order valence-corrected chi connectivity index (χ4v) is 1.33. The van der Waals surface area contributed by atoms with E-state index in [1.165, 1.54) is 25.2 Å². The van der Waals surface area contributed by atoms with Gasteiger partial charge in [-0.2, -0.15) is 8.78 Å². The van der Waals surface area contributed by atoms with E-state index in [4.69, 9.17) is 5.11 Å². The zero-order chi connectivity index (χ0) is 12.1. The molecule has 1 atom stereocenters. The Kier molecular flexibility index (Phi) is 4.19. The average Bonchev–Trinajstić information content (AvgIpc) is 2.20. The third kappa shape index (κ3) is 2.90. The highest BCUT2D eigenvalue weighted by Gasteiger charge is 2.22. The number of hydrogen-bond donors (Lipinski definition) is 2. The van der Waals surface area contributed by atoms with E-state index < -0.39 is 18.6 Å². The molecular formula is C10H11F2NO3. The highest BCUT2D eigenvalue weighted by atomic mass is 19.3. The Morgan fingerprint density at radius 2 is 2.06 bits per heavy atom. The number of carbonyl (C=O) groups is 1. The topological polar surface area (TPSA) is 58.6 Å². The minimum atomic E-state index is -2.98. The van der Waals surface area contributed by atoms with Gasteiger partial charge in [0, 0.05) is 5.56 Å². The molecule has 2 N–H and O–H groups in total. The van der Waals surface area contributed by atoms with Gasteiger partial charge in [0.25, 0.3) is 0 Å². The lowest BCUT2D eigenvalue weighted by Crippen LogP contribution is -2.25. The van der Waals surface area contributed by atoms with Crippen LogP contribution in [0.2, 0.25) is 0 Å². The van der Waals surface area contributed by atoms with Gasteiger partial charge in [-0.15, -0.1) is 0 Å². The Labute approximate surface area is 90.8 Å². The van der Waals surface area contributed by atoms with Crippen LogP contribution in [0.15, 0.2) is 24.3 Å². The zero-order valence-corrected chi connectivity index (χ0v) is 8.48. The number of hydrogen-bond acceptors (Lipinski definition) is 3. The van der Waals surface area contributed by atoms with Gasteiger partial charge in [-0.05, 0) is 13.1 Å². The number of carboxylic acids is 1. The first-order valence-corrected chi connectivity index (χ1v) is 4.50. The van der Waals surface area contributed by atoms with Gasteiger partial charge in [0.15, 0.2) is 0 Å². The molecule has 0 saturated carbocycles. The fourth-order valence-electron chi connectivity index (χ4n) is 1.33. The fraction of sp³-hybridized carbons (Fsp3) is 0.300. The molecule has 16 heavy (non-hydrogen) atoms. The number of para-hydroxylation sites is 1. The predicted molar refractivity (Wildman–Crippen MR) is 52.5 cm³/mol. The van der Waals surface area contributed by atoms with Crippen molar-refractivity contribution in [1.82, 2.24) is 5.32 Å². The number of rotatable bonds is 5. The number of benzene rings is 1. The van der Waals surface area contributed by atoms with E-state index in [0.29, 0.717) is 0 Å². The summed E-state index contributed by atoms with van der Waals surface area (Å²) in [5.74, 6) is -1.30.